The summed E-state index contributed by atoms with van der Waals surface area (Å²) < 4.78 is 8.22. The molecule has 0 aliphatic rings. The number of hydrogen-bond acceptors (Lipinski definition) is 2. The Bertz CT molecular complexity index is 1150. The fourth-order valence-corrected chi connectivity index (χ4v) is 3.34. The van der Waals surface area contributed by atoms with Crippen LogP contribution in [0.3, 0.4) is 0 Å². The Hall–Kier alpha value is -3.12. The first-order valence-electron chi connectivity index (χ1n) is 7.91. The van der Waals surface area contributed by atoms with E-state index in [1.165, 1.54) is 0 Å². The highest BCUT2D eigenvalue weighted by molar-refractivity contribution is 6.09. The van der Waals surface area contributed by atoms with Crippen molar-refractivity contribution in [1.82, 2.24) is 0 Å². The molecule has 0 spiro atoms. The third kappa shape index (κ3) is 2.00. The molecule has 0 radical (unpaired) electrons. The topological polar surface area (TPSA) is 40.8 Å². The molecular formula is C21H17N2O+. The number of aryl methyl sites for hydroxylation is 3. The van der Waals surface area contributed by atoms with Crippen LogP contribution in [0, 0.1) is 25.2 Å². The van der Waals surface area contributed by atoms with Crippen LogP contribution in [-0.4, -0.2) is 0 Å². The third-order valence-electron chi connectivity index (χ3n) is 4.61. The van der Waals surface area contributed by atoms with Crippen molar-refractivity contribution in [2.24, 2.45) is 7.05 Å². The van der Waals surface area contributed by atoms with E-state index in [1.54, 1.807) is 0 Å². The summed E-state index contributed by atoms with van der Waals surface area (Å²) in [7, 11) is 2.04. The Morgan fingerprint density at radius 3 is 2.62 bits per heavy atom. The summed E-state index contributed by atoms with van der Waals surface area (Å²) >= 11 is 0. The molecule has 0 saturated carbocycles. The van der Waals surface area contributed by atoms with Gasteiger partial charge in [0.05, 0.1) is 17.2 Å². The van der Waals surface area contributed by atoms with Gasteiger partial charge < -0.3 is 4.42 Å². The van der Waals surface area contributed by atoms with Gasteiger partial charge in [-0.3, -0.25) is 0 Å². The maximum absolute atomic E-state index is 9.45. The second-order valence-electron chi connectivity index (χ2n) is 6.21. The maximum atomic E-state index is 9.45. The molecule has 4 rings (SSSR count). The number of nitriles is 1. The molecule has 0 fully saturated rings. The second kappa shape index (κ2) is 5.21. The Morgan fingerprint density at radius 1 is 1.04 bits per heavy atom. The Balaban J connectivity index is 2.11. The van der Waals surface area contributed by atoms with Crippen LogP contribution in [0.1, 0.15) is 16.7 Å². The molecule has 0 aliphatic carbocycles. The van der Waals surface area contributed by atoms with Crippen molar-refractivity contribution in [3.05, 3.63) is 65.4 Å². The van der Waals surface area contributed by atoms with E-state index in [0.29, 0.717) is 5.56 Å². The molecule has 3 nitrogen and oxygen atoms in total. The van der Waals surface area contributed by atoms with Crippen molar-refractivity contribution in [1.29, 1.82) is 5.26 Å². The molecule has 0 atom stereocenters. The zero-order valence-electron chi connectivity index (χ0n) is 13.9. The number of aromatic nitrogens is 1. The van der Waals surface area contributed by atoms with Crippen LogP contribution in [0.2, 0.25) is 0 Å². The van der Waals surface area contributed by atoms with Crippen molar-refractivity contribution in [3.63, 3.8) is 0 Å². The fraction of sp³-hybridized carbons (Fsp3) is 0.143. The first-order valence-corrected chi connectivity index (χ1v) is 7.91. The predicted octanol–water partition coefficient (Wildman–Crippen LogP) is 4.57. The summed E-state index contributed by atoms with van der Waals surface area (Å²) in [6.07, 6.45) is 2.04. The Kier molecular flexibility index (Phi) is 3.14. The lowest BCUT2D eigenvalue weighted by molar-refractivity contribution is -0.660. The predicted molar refractivity (Wildman–Crippen MR) is 94.5 cm³/mol. The standard InChI is InChI=1S/C21H17N2O/c1-13-7-8-15(12-22)20-17-10-14(2)16(11-19(17)24-21(13)20)18-6-4-5-9-23(18)3/h4-11H,1-3H3/q+1. The van der Waals surface area contributed by atoms with Crippen molar-refractivity contribution >= 4 is 21.9 Å². The molecule has 0 saturated heterocycles. The van der Waals surface area contributed by atoms with Crippen LogP contribution in [0.4, 0.5) is 0 Å². The smallest absolute Gasteiger partial charge is 0.212 e. The van der Waals surface area contributed by atoms with E-state index in [2.05, 4.69) is 35.8 Å². The number of nitrogens with zero attached hydrogens (tertiary/aromatic N) is 2. The molecule has 0 amide bonds. The highest BCUT2D eigenvalue weighted by atomic mass is 16.3. The number of rotatable bonds is 1. The van der Waals surface area contributed by atoms with Crippen LogP contribution < -0.4 is 4.57 Å². The molecule has 0 unspecified atom stereocenters. The number of furan rings is 1. The highest BCUT2D eigenvalue weighted by Gasteiger charge is 2.18. The summed E-state index contributed by atoms with van der Waals surface area (Å²) in [5.41, 5.74) is 6.77. The third-order valence-corrected chi connectivity index (χ3v) is 4.61. The van der Waals surface area contributed by atoms with E-state index in [1.807, 2.05) is 44.4 Å². The van der Waals surface area contributed by atoms with Crippen LogP contribution in [0.15, 0.2) is 53.1 Å². The van der Waals surface area contributed by atoms with Gasteiger partial charge in [-0.1, -0.05) is 6.07 Å². The van der Waals surface area contributed by atoms with E-state index < -0.39 is 0 Å². The molecule has 2 heterocycles. The van der Waals surface area contributed by atoms with Crippen molar-refractivity contribution < 1.29 is 8.98 Å². The highest BCUT2D eigenvalue weighted by Crippen LogP contribution is 2.36. The summed E-state index contributed by atoms with van der Waals surface area (Å²) in [5.74, 6) is 0. The first kappa shape index (κ1) is 14.5. The van der Waals surface area contributed by atoms with Crippen LogP contribution in [0.5, 0.6) is 0 Å². The number of hydrogen-bond donors (Lipinski definition) is 0. The Morgan fingerprint density at radius 2 is 1.88 bits per heavy atom. The fourth-order valence-electron chi connectivity index (χ4n) is 3.34. The van der Waals surface area contributed by atoms with Gasteiger partial charge in [-0.2, -0.15) is 5.26 Å². The average molecular weight is 313 g/mol. The molecule has 2 aromatic carbocycles. The molecule has 0 aliphatic heterocycles. The average Bonchev–Trinajstić information content (AvgIpc) is 2.95. The molecule has 24 heavy (non-hydrogen) atoms. The number of pyridine rings is 1. The second-order valence-corrected chi connectivity index (χ2v) is 6.21. The van der Waals surface area contributed by atoms with Gasteiger partial charge >= 0.3 is 0 Å². The lowest BCUT2D eigenvalue weighted by Gasteiger charge is -2.04. The summed E-state index contributed by atoms with van der Waals surface area (Å²) in [6, 6.07) is 16.5. The number of benzene rings is 2. The van der Waals surface area contributed by atoms with E-state index in [9.17, 15) is 5.26 Å². The van der Waals surface area contributed by atoms with Gasteiger partial charge in [0.15, 0.2) is 6.20 Å². The van der Waals surface area contributed by atoms with Gasteiger partial charge in [0.25, 0.3) is 0 Å². The summed E-state index contributed by atoms with van der Waals surface area (Å²) in [5, 5.41) is 11.4. The quantitative estimate of drug-likeness (QED) is 0.483. The Labute approximate surface area is 140 Å². The molecule has 116 valence electrons. The van der Waals surface area contributed by atoms with Gasteiger partial charge in [-0.05, 0) is 49.2 Å². The van der Waals surface area contributed by atoms with Crippen LogP contribution in [0.25, 0.3) is 33.2 Å². The lowest BCUT2D eigenvalue weighted by atomic mass is 9.99. The normalized spacial score (nSPS) is 11.1. The zero-order valence-corrected chi connectivity index (χ0v) is 13.9. The van der Waals surface area contributed by atoms with Crippen molar-refractivity contribution in [3.8, 4) is 17.3 Å². The summed E-state index contributed by atoms with van der Waals surface area (Å²) in [6.45, 7) is 4.11. The van der Waals surface area contributed by atoms with Gasteiger partial charge in [0, 0.05) is 22.9 Å². The molecule has 0 N–H and O–H groups in total. The minimum absolute atomic E-state index is 0.659. The van der Waals surface area contributed by atoms with Gasteiger partial charge in [-0.15, -0.1) is 0 Å². The van der Waals surface area contributed by atoms with Gasteiger partial charge in [0.1, 0.15) is 18.2 Å². The van der Waals surface area contributed by atoms with Gasteiger partial charge in [0.2, 0.25) is 5.69 Å². The molecule has 4 aromatic rings. The molecule has 3 heteroatoms. The van der Waals surface area contributed by atoms with E-state index in [-0.39, 0.29) is 0 Å². The number of fused-ring (bicyclic) bond motifs is 3. The zero-order chi connectivity index (χ0) is 16.8. The van der Waals surface area contributed by atoms with Crippen LogP contribution >= 0.6 is 0 Å². The van der Waals surface area contributed by atoms with E-state index in [4.69, 9.17) is 4.42 Å². The summed E-state index contributed by atoms with van der Waals surface area (Å²) in [4.78, 5) is 0. The monoisotopic (exact) mass is 313 g/mol. The van der Waals surface area contributed by atoms with E-state index in [0.717, 1.165) is 44.3 Å². The van der Waals surface area contributed by atoms with Crippen LogP contribution in [-0.2, 0) is 7.05 Å². The van der Waals surface area contributed by atoms with Crippen molar-refractivity contribution in [2.75, 3.05) is 0 Å². The SMILES string of the molecule is Cc1cc2c(cc1-c1cccc[n+]1C)oc1c(C)ccc(C#N)c12. The van der Waals surface area contributed by atoms with Crippen molar-refractivity contribution in [2.45, 2.75) is 13.8 Å². The minimum Gasteiger partial charge on any atom is -0.456 e. The maximum Gasteiger partial charge on any atom is 0.212 e. The molecule has 0 bridgehead atoms. The first-order chi connectivity index (χ1) is 11.6. The largest absolute Gasteiger partial charge is 0.456 e. The van der Waals surface area contributed by atoms with E-state index >= 15 is 0 Å². The minimum atomic E-state index is 0.659. The lowest BCUT2D eigenvalue weighted by Crippen LogP contribution is -2.30. The van der Waals surface area contributed by atoms with Gasteiger partial charge in [-0.25, -0.2) is 4.57 Å². The molecular weight excluding hydrogens is 296 g/mol. The molecule has 2 aromatic heterocycles.